The Hall–Kier alpha value is -2.76. The number of aromatic amines is 1. The number of carbonyl (C=O) groups excluding carboxylic acids is 2. The number of aromatic nitrogens is 1. The van der Waals surface area contributed by atoms with Crippen molar-refractivity contribution in [1.29, 1.82) is 0 Å². The van der Waals surface area contributed by atoms with Crippen molar-refractivity contribution in [3.05, 3.63) is 58.9 Å². The molecule has 0 saturated carbocycles. The first-order valence-electron chi connectivity index (χ1n) is 9.52. The van der Waals surface area contributed by atoms with Gasteiger partial charge in [-0.2, -0.15) is 0 Å². The molecule has 3 amide bonds. The molecule has 1 fully saturated rings. The number of aryl methyl sites for hydroxylation is 2. The normalized spacial score (nSPS) is 14.7. The molecule has 1 aromatic heterocycles. The molecule has 1 aromatic carbocycles. The zero-order valence-electron chi connectivity index (χ0n) is 16.1. The molecule has 1 aliphatic rings. The average molecular weight is 368 g/mol. The quantitative estimate of drug-likeness (QED) is 0.871. The minimum Gasteiger partial charge on any atom is -0.362 e. The summed E-state index contributed by atoms with van der Waals surface area (Å²) >= 11 is 0. The van der Waals surface area contributed by atoms with Crippen molar-refractivity contribution in [2.75, 3.05) is 26.2 Å². The van der Waals surface area contributed by atoms with Crippen molar-refractivity contribution >= 4 is 11.9 Å². The SMILES string of the molecule is Cc1cc(CC(=O)N2CCCN(C(=O)NCc3ccccc3)CC2)c(C)[nH]1. The maximum Gasteiger partial charge on any atom is 0.317 e. The van der Waals surface area contributed by atoms with Crippen LogP contribution in [0.4, 0.5) is 4.79 Å². The van der Waals surface area contributed by atoms with Gasteiger partial charge in [0.2, 0.25) is 5.91 Å². The molecule has 2 aromatic rings. The Morgan fingerprint density at radius 3 is 2.44 bits per heavy atom. The Bertz CT molecular complexity index is 785. The summed E-state index contributed by atoms with van der Waals surface area (Å²) in [5, 5.41) is 2.97. The lowest BCUT2D eigenvalue weighted by molar-refractivity contribution is -0.130. The molecule has 0 spiro atoms. The summed E-state index contributed by atoms with van der Waals surface area (Å²) in [4.78, 5) is 32.0. The molecule has 0 radical (unpaired) electrons. The Labute approximate surface area is 160 Å². The summed E-state index contributed by atoms with van der Waals surface area (Å²) in [5.74, 6) is 0.128. The highest BCUT2D eigenvalue weighted by molar-refractivity contribution is 5.79. The molecule has 6 heteroatoms. The molecule has 0 unspecified atom stereocenters. The fourth-order valence-corrected chi connectivity index (χ4v) is 3.50. The van der Waals surface area contributed by atoms with Crippen LogP contribution >= 0.6 is 0 Å². The molecule has 2 N–H and O–H groups in total. The van der Waals surface area contributed by atoms with E-state index in [0.29, 0.717) is 39.1 Å². The third-order valence-corrected chi connectivity index (χ3v) is 5.02. The predicted octanol–water partition coefficient (Wildman–Crippen LogP) is 2.62. The van der Waals surface area contributed by atoms with Gasteiger partial charge in [0, 0.05) is 44.1 Å². The van der Waals surface area contributed by atoms with E-state index < -0.39 is 0 Å². The summed E-state index contributed by atoms with van der Waals surface area (Å²) < 4.78 is 0. The molecule has 2 heterocycles. The van der Waals surface area contributed by atoms with Crippen LogP contribution in [0.1, 0.15) is 28.9 Å². The van der Waals surface area contributed by atoms with Crippen molar-refractivity contribution in [1.82, 2.24) is 20.1 Å². The molecule has 0 bridgehead atoms. The van der Waals surface area contributed by atoms with Gasteiger partial charge in [-0.1, -0.05) is 30.3 Å². The Morgan fingerprint density at radius 1 is 1.04 bits per heavy atom. The van der Waals surface area contributed by atoms with Crippen molar-refractivity contribution < 1.29 is 9.59 Å². The topological polar surface area (TPSA) is 68.4 Å². The molecular formula is C21H28N4O2. The lowest BCUT2D eigenvalue weighted by atomic mass is 10.1. The minimum absolute atomic E-state index is 0.0646. The van der Waals surface area contributed by atoms with Gasteiger partial charge < -0.3 is 20.1 Å². The number of hydrogen-bond acceptors (Lipinski definition) is 2. The van der Waals surface area contributed by atoms with Crippen molar-refractivity contribution in [3.8, 4) is 0 Å². The van der Waals surface area contributed by atoms with Crippen LogP contribution in [-0.2, 0) is 17.8 Å². The number of nitrogens with zero attached hydrogens (tertiary/aromatic N) is 2. The largest absolute Gasteiger partial charge is 0.362 e. The summed E-state index contributed by atoms with van der Waals surface area (Å²) in [5.41, 5.74) is 4.26. The first kappa shape index (κ1) is 19.0. The first-order chi connectivity index (χ1) is 13.0. The van der Waals surface area contributed by atoms with Gasteiger partial charge in [-0.15, -0.1) is 0 Å². The van der Waals surface area contributed by atoms with Gasteiger partial charge >= 0.3 is 6.03 Å². The maximum atomic E-state index is 12.7. The Kier molecular flexibility index (Phi) is 6.16. The number of carbonyl (C=O) groups is 2. The highest BCUT2D eigenvalue weighted by Gasteiger charge is 2.22. The van der Waals surface area contributed by atoms with E-state index in [-0.39, 0.29) is 11.9 Å². The second kappa shape index (κ2) is 8.75. The molecule has 0 atom stereocenters. The number of urea groups is 1. The number of rotatable bonds is 4. The third kappa shape index (κ3) is 5.12. The number of nitrogens with one attached hydrogen (secondary N) is 2. The zero-order valence-corrected chi connectivity index (χ0v) is 16.1. The van der Waals surface area contributed by atoms with Gasteiger partial charge in [0.1, 0.15) is 0 Å². The second-order valence-electron chi connectivity index (χ2n) is 7.15. The van der Waals surface area contributed by atoms with Crippen LogP contribution < -0.4 is 5.32 Å². The van der Waals surface area contributed by atoms with Gasteiger partial charge in [-0.3, -0.25) is 4.79 Å². The molecule has 0 aliphatic carbocycles. The fourth-order valence-electron chi connectivity index (χ4n) is 3.50. The summed E-state index contributed by atoms with van der Waals surface area (Å²) in [7, 11) is 0. The van der Waals surface area contributed by atoms with Gasteiger partial charge in [0.15, 0.2) is 0 Å². The lowest BCUT2D eigenvalue weighted by Crippen LogP contribution is -2.42. The van der Waals surface area contributed by atoms with E-state index in [1.54, 1.807) is 0 Å². The molecule has 1 aliphatic heterocycles. The van der Waals surface area contributed by atoms with E-state index >= 15 is 0 Å². The minimum atomic E-state index is -0.0646. The maximum absolute atomic E-state index is 12.7. The van der Waals surface area contributed by atoms with Crippen molar-refractivity contribution in [3.63, 3.8) is 0 Å². The highest BCUT2D eigenvalue weighted by atomic mass is 16.2. The van der Waals surface area contributed by atoms with Crippen LogP contribution in [0.25, 0.3) is 0 Å². The molecule has 6 nitrogen and oxygen atoms in total. The van der Waals surface area contributed by atoms with Gasteiger partial charge in [0.05, 0.1) is 6.42 Å². The lowest BCUT2D eigenvalue weighted by Gasteiger charge is -2.22. The van der Waals surface area contributed by atoms with Crippen molar-refractivity contribution in [2.45, 2.75) is 33.2 Å². The average Bonchev–Trinajstić information content (AvgIpc) is 2.86. The zero-order chi connectivity index (χ0) is 19.2. The van der Waals surface area contributed by atoms with Crippen molar-refractivity contribution in [2.24, 2.45) is 0 Å². The van der Waals surface area contributed by atoms with E-state index in [9.17, 15) is 9.59 Å². The standard InChI is InChI=1S/C21H28N4O2/c1-16-13-19(17(2)23-16)14-20(26)24-9-6-10-25(12-11-24)21(27)22-15-18-7-4-3-5-8-18/h3-5,7-8,13,23H,6,9-12,14-15H2,1-2H3,(H,22,27). The number of amides is 3. The first-order valence-corrected chi connectivity index (χ1v) is 9.52. The van der Waals surface area contributed by atoms with Crippen LogP contribution in [0, 0.1) is 13.8 Å². The second-order valence-corrected chi connectivity index (χ2v) is 7.15. The third-order valence-electron chi connectivity index (χ3n) is 5.02. The summed E-state index contributed by atoms with van der Waals surface area (Å²) in [6.45, 7) is 7.04. The summed E-state index contributed by atoms with van der Waals surface area (Å²) in [6.07, 6.45) is 1.21. The number of benzene rings is 1. The number of hydrogen-bond donors (Lipinski definition) is 2. The van der Waals surface area contributed by atoms with E-state index in [2.05, 4.69) is 10.3 Å². The molecule has 3 rings (SSSR count). The molecular weight excluding hydrogens is 340 g/mol. The van der Waals surface area contributed by atoms with E-state index in [1.807, 2.05) is 60.0 Å². The van der Waals surface area contributed by atoms with Crippen LogP contribution in [0.15, 0.2) is 36.4 Å². The van der Waals surface area contributed by atoms with Gasteiger partial charge in [0.25, 0.3) is 0 Å². The van der Waals surface area contributed by atoms with E-state index in [4.69, 9.17) is 0 Å². The van der Waals surface area contributed by atoms with E-state index in [1.165, 1.54) is 0 Å². The summed E-state index contributed by atoms with van der Waals surface area (Å²) in [6, 6.07) is 11.8. The van der Waals surface area contributed by atoms with Crippen LogP contribution in [0.2, 0.25) is 0 Å². The molecule has 1 saturated heterocycles. The van der Waals surface area contributed by atoms with Gasteiger partial charge in [-0.05, 0) is 37.5 Å². The predicted molar refractivity (Wildman–Crippen MR) is 105 cm³/mol. The highest BCUT2D eigenvalue weighted by Crippen LogP contribution is 2.13. The Balaban J connectivity index is 1.50. The molecule has 27 heavy (non-hydrogen) atoms. The molecule has 144 valence electrons. The smallest absolute Gasteiger partial charge is 0.317 e. The van der Waals surface area contributed by atoms with Gasteiger partial charge in [-0.25, -0.2) is 4.79 Å². The van der Waals surface area contributed by atoms with E-state index in [0.717, 1.165) is 28.9 Å². The van der Waals surface area contributed by atoms with Crippen LogP contribution in [-0.4, -0.2) is 52.9 Å². The van der Waals surface area contributed by atoms with Crippen LogP contribution in [0.3, 0.4) is 0 Å². The van der Waals surface area contributed by atoms with Crippen LogP contribution in [0.5, 0.6) is 0 Å². The number of H-pyrrole nitrogens is 1. The fraction of sp³-hybridized carbons (Fsp3) is 0.429. The Morgan fingerprint density at radius 2 is 1.74 bits per heavy atom. The monoisotopic (exact) mass is 368 g/mol.